The van der Waals surface area contributed by atoms with E-state index in [9.17, 15) is 9.90 Å². The Labute approximate surface area is 174 Å². The number of nitrogen functional groups attached to an aromatic ring is 1. The second-order valence-corrected chi connectivity index (χ2v) is 7.99. The van der Waals surface area contributed by atoms with E-state index in [4.69, 9.17) is 22.1 Å². The van der Waals surface area contributed by atoms with Crippen LogP contribution in [-0.2, 0) is 9.53 Å². The number of aliphatic hydroxyl groups is 1. The minimum Gasteiger partial charge on any atom is -0.380 e. The molecular formula is C20H24ClN5O3. The summed E-state index contributed by atoms with van der Waals surface area (Å²) in [6.07, 6.45) is 1.82. The van der Waals surface area contributed by atoms with Crippen molar-refractivity contribution in [2.45, 2.75) is 37.8 Å². The number of hydrogen-bond donors (Lipinski definition) is 3. The molecule has 1 aromatic carbocycles. The van der Waals surface area contributed by atoms with Crippen LogP contribution in [0.5, 0.6) is 0 Å². The van der Waals surface area contributed by atoms with Crippen LogP contribution in [0.4, 0.5) is 17.5 Å². The molecule has 1 aliphatic carbocycles. The van der Waals surface area contributed by atoms with Crippen molar-refractivity contribution in [1.82, 2.24) is 9.97 Å². The molecule has 0 spiro atoms. The van der Waals surface area contributed by atoms with Gasteiger partial charge in [0, 0.05) is 35.6 Å². The molecular weight excluding hydrogens is 394 g/mol. The second kappa shape index (κ2) is 7.78. The number of aryl methyl sites for hydroxylation is 1. The number of carbonyl (C=O) groups is 1. The highest BCUT2D eigenvalue weighted by molar-refractivity contribution is 6.31. The SMILES string of the molecule is Cc1cc(N2CCCOCC2c2ccc(NC(=O)C3(O)CC3)cc2Cl)nc(N)n1. The minimum atomic E-state index is -1.23. The van der Waals surface area contributed by atoms with Crippen LogP contribution in [0.2, 0.25) is 5.02 Å². The first-order valence-electron chi connectivity index (χ1n) is 9.64. The van der Waals surface area contributed by atoms with E-state index >= 15 is 0 Å². The summed E-state index contributed by atoms with van der Waals surface area (Å²) in [4.78, 5) is 22.8. The number of amides is 1. The third-order valence-corrected chi connectivity index (χ3v) is 5.58. The minimum absolute atomic E-state index is 0.156. The third kappa shape index (κ3) is 4.29. The Morgan fingerprint density at radius 1 is 1.38 bits per heavy atom. The zero-order chi connectivity index (χ0) is 20.6. The van der Waals surface area contributed by atoms with Gasteiger partial charge in [-0.15, -0.1) is 0 Å². The Bertz CT molecular complexity index is 914. The maximum absolute atomic E-state index is 12.1. The second-order valence-electron chi connectivity index (χ2n) is 7.59. The molecule has 0 bridgehead atoms. The van der Waals surface area contributed by atoms with Crippen molar-refractivity contribution in [1.29, 1.82) is 0 Å². The van der Waals surface area contributed by atoms with Crippen LogP contribution >= 0.6 is 11.6 Å². The van der Waals surface area contributed by atoms with Crippen molar-refractivity contribution in [3.05, 3.63) is 40.5 Å². The lowest BCUT2D eigenvalue weighted by atomic mass is 10.0. The van der Waals surface area contributed by atoms with Crippen molar-refractivity contribution in [2.75, 3.05) is 35.7 Å². The molecule has 2 fully saturated rings. The first-order valence-corrected chi connectivity index (χ1v) is 10.0. The van der Waals surface area contributed by atoms with Crippen LogP contribution in [0.15, 0.2) is 24.3 Å². The van der Waals surface area contributed by atoms with Gasteiger partial charge in [0.1, 0.15) is 11.4 Å². The van der Waals surface area contributed by atoms with E-state index in [1.807, 2.05) is 19.1 Å². The van der Waals surface area contributed by atoms with Gasteiger partial charge in [-0.25, -0.2) is 4.98 Å². The Hall–Kier alpha value is -2.42. The van der Waals surface area contributed by atoms with Crippen LogP contribution in [0.3, 0.4) is 0 Å². The Kier molecular flexibility index (Phi) is 5.33. The average Bonchev–Trinajstić information content (AvgIpc) is 3.44. The number of aromatic nitrogens is 2. The normalized spacial score (nSPS) is 20.8. The van der Waals surface area contributed by atoms with Crippen LogP contribution in [0.25, 0.3) is 0 Å². The molecule has 1 amide bonds. The monoisotopic (exact) mass is 417 g/mol. The molecule has 8 nitrogen and oxygen atoms in total. The van der Waals surface area contributed by atoms with E-state index in [1.165, 1.54) is 0 Å². The molecule has 29 heavy (non-hydrogen) atoms. The molecule has 9 heteroatoms. The van der Waals surface area contributed by atoms with Gasteiger partial charge in [-0.2, -0.15) is 4.98 Å². The molecule has 4 rings (SSSR count). The predicted octanol–water partition coefficient (Wildman–Crippen LogP) is 2.45. The molecule has 2 heterocycles. The number of benzene rings is 1. The van der Waals surface area contributed by atoms with E-state index in [2.05, 4.69) is 20.2 Å². The molecule has 1 aliphatic heterocycles. The molecule has 154 valence electrons. The van der Waals surface area contributed by atoms with Crippen molar-refractivity contribution in [2.24, 2.45) is 0 Å². The summed E-state index contributed by atoms with van der Waals surface area (Å²) in [6.45, 7) is 3.72. The number of carbonyl (C=O) groups excluding carboxylic acids is 1. The first-order chi connectivity index (χ1) is 13.9. The summed E-state index contributed by atoms with van der Waals surface area (Å²) in [6, 6.07) is 7.10. The summed E-state index contributed by atoms with van der Waals surface area (Å²) >= 11 is 6.59. The van der Waals surface area contributed by atoms with E-state index in [-0.39, 0.29) is 12.0 Å². The molecule has 4 N–H and O–H groups in total. The number of nitrogens with two attached hydrogens (primary N) is 1. The molecule has 0 radical (unpaired) electrons. The van der Waals surface area contributed by atoms with Crippen LogP contribution in [0.1, 0.15) is 36.6 Å². The third-order valence-electron chi connectivity index (χ3n) is 5.26. The fourth-order valence-electron chi connectivity index (χ4n) is 3.50. The van der Waals surface area contributed by atoms with Crippen molar-refractivity contribution in [3.63, 3.8) is 0 Å². The lowest BCUT2D eigenvalue weighted by Crippen LogP contribution is -2.32. The topological polar surface area (TPSA) is 114 Å². The summed E-state index contributed by atoms with van der Waals surface area (Å²) in [5.41, 5.74) is 6.83. The molecule has 2 aliphatic rings. The van der Waals surface area contributed by atoms with Crippen molar-refractivity contribution >= 4 is 35.0 Å². The molecule has 2 aromatic rings. The van der Waals surface area contributed by atoms with Crippen LogP contribution < -0.4 is 16.0 Å². The maximum atomic E-state index is 12.1. The average molecular weight is 418 g/mol. The number of ether oxygens (including phenoxy) is 1. The fourth-order valence-corrected chi connectivity index (χ4v) is 3.81. The van der Waals surface area contributed by atoms with E-state index in [1.54, 1.807) is 12.1 Å². The quantitative estimate of drug-likeness (QED) is 0.700. The van der Waals surface area contributed by atoms with E-state index in [0.717, 1.165) is 30.0 Å². The Morgan fingerprint density at radius 3 is 2.86 bits per heavy atom. The molecule has 1 saturated heterocycles. The Balaban J connectivity index is 1.62. The zero-order valence-electron chi connectivity index (χ0n) is 16.2. The van der Waals surface area contributed by atoms with Gasteiger partial charge in [0.25, 0.3) is 5.91 Å². The number of anilines is 3. The first kappa shape index (κ1) is 19.9. The number of halogens is 1. The van der Waals surface area contributed by atoms with Gasteiger partial charge in [0.15, 0.2) is 0 Å². The smallest absolute Gasteiger partial charge is 0.256 e. The lowest BCUT2D eigenvalue weighted by Gasteiger charge is -2.31. The zero-order valence-corrected chi connectivity index (χ0v) is 16.9. The highest BCUT2D eigenvalue weighted by Crippen LogP contribution is 2.37. The van der Waals surface area contributed by atoms with Gasteiger partial charge in [-0.05, 0) is 43.9 Å². The maximum Gasteiger partial charge on any atom is 0.256 e. The summed E-state index contributed by atoms with van der Waals surface area (Å²) in [5, 5.41) is 13.2. The Morgan fingerprint density at radius 2 is 2.17 bits per heavy atom. The lowest BCUT2D eigenvalue weighted by molar-refractivity contribution is -0.125. The number of hydrogen-bond acceptors (Lipinski definition) is 7. The van der Waals surface area contributed by atoms with Gasteiger partial charge in [-0.1, -0.05) is 17.7 Å². The van der Waals surface area contributed by atoms with Gasteiger partial charge < -0.3 is 25.8 Å². The number of rotatable bonds is 4. The van der Waals surface area contributed by atoms with Gasteiger partial charge >= 0.3 is 0 Å². The molecule has 1 unspecified atom stereocenters. The van der Waals surface area contributed by atoms with E-state index < -0.39 is 11.5 Å². The molecule has 1 saturated carbocycles. The summed E-state index contributed by atoms with van der Waals surface area (Å²) in [5.74, 6) is 0.564. The summed E-state index contributed by atoms with van der Waals surface area (Å²) < 4.78 is 5.80. The summed E-state index contributed by atoms with van der Waals surface area (Å²) in [7, 11) is 0. The van der Waals surface area contributed by atoms with Crippen LogP contribution in [0, 0.1) is 6.92 Å². The van der Waals surface area contributed by atoms with Gasteiger partial charge in [0.05, 0.1) is 12.6 Å². The van der Waals surface area contributed by atoms with Gasteiger partial charge in [-0.3, -0.25) is 4.79 Å². The van der Waals surface area contributed by atoms with Crippen molar-refractivity contribution < 1.29 is 14.6 Å². The van der Waals surface area contributed by atoms with Gasteiger partial charge in [0.2, 0.25) is 5.95 Å². The van der Waals surface area contributed by atoms with Crippen LogP contribution in [-0.4, -0.2) is 46.3 Å². The predicted molar refractivity (Wildman–Crippen MR) is 111 cm³/mol. The van der Waals surface area contributed by atoms with Crippen molar-refractivity contribution in [3.8, 4) is 0 Å². The number of nitrogens with zero attached hydrogens (tertiary/aromatic N) is 3. The highest BCUT2D eigenvalue weighted by Gasteiger charge is 2.48. The number of nitrogens with one attached hydrogen (secondary N) is 1. The molecule has 1 aromatic heterocycles. The largest absolute Gasteiger partial charge is 0.380 e. The standard InChI is InChI=1S/C20H24ClN5O3/c1-12-9-17(25-19(22)23-12)26-7-2-8-29-11-16(26)14-4-3-13(10-15(14)21)24-18(27)20(28)5-6-20/h3-4,9-10,16,28H,2,5-8,11H2,1H3,(H,24,27)(H2,22,23,25). The fraction of sp³-hybridized carbons (Fsp3) is 0.450. The van der Waals surface area contributed by atoms with E-state index in [0.29, 0.717) is 36.8 Å². The molecule has 1 atom stereocenters. The highest BCUT2D eigenvalue weighted by atomic mass is 35.5.